The normalized spacial score (nSPS) is 11.0. The minimum absolute atomic E-state index is 0.281. The summed E-state index contributed by atoms with van der Waals surface area (Å²) in [6, 6.07) is 16.3. The molecule has 0 unspecified atom stereocenters. The van der Waals surface area contributed by atoms with E-state index in [1.165, 1.54) is 0 Å². The number of hydrogen-bond donors (Lipinski definition) is 3. The number of halogens is 1. The predicted molar refractivity (Wildman–Crippen MR) is 153 cm³/mol. The van der Waals surface area contributed by atoms with Crippen molar-refractivity contribution in [3.8, 4) is 22.5 Å². The third-order valence-corrected chi connectivity index (χ3v) is 6.87. The number of imidazole rings is 1. The Balaban J connectivity index is 1.56. The molecule has 12 heteroatoms. The number of unbranched alkanes of at least 4 members (excludes halogenated alkanes) is 1. The van der Waals surface area contributed by atoms with Crippen molar-refractivity contribution < 1.29 is 19.4 Å². The second kappa shape index (κ2) is 13.9. The van der Waals surface area contributed by atoms with E-state index >= 15 is 0 Å². The van der Waals surface area contributed by atoms with Gasteiger partial charge in [-0.1, -0.05) is 84.5 Å². The highest BCUT2D eigenvalue weighted by molar-refractivity contribution is 14.1. The van der Waals surface area contributed by atoms with E-state index in [2.05, 4.69) is 84.3 Å². The molecular weight excluding hydrogens is 613 g/mol. The van der Waals surface area contributed by atoms with Crippen molar-refractivity contribution in [3.63, 3.8) is 0 Å². The van der Waals surface area contributed by atoms with E-state index < -0.39 is 12.6 Å². The lowest BCUT2D eigenvalue weighted by Gasteiger charge is -2.15. The number of rotatable bonds is 14. The minimum Gasteiger partial charge on any atom is -0.480 e. The highest BCUT2D eigenvalue weighted by Gasteiger charge is 2.18. The van der Waals surface area contributed by atoms with Gasteiger partial charge in [0.2, 0.25) is 11.7 Å². The molecule has 2 aromatic heterocycles. The molecule has 1 amide bonds. The van der Waals surface area contributed by atoms with Gasteiger partial charge in [-0.25, -0.2) is 9.78 Å². The summed E-state index contributed by atoms with van der Waals surface area (Å²) in [5.41, 5.74) is 5.92. The van der Waals surface area contributed by atoms with Crippen LogP contribution in [-0.2, 0) is 38.3 Å². The maximum Gasteiger partial charge on any atom is 0.329 e. The maximum atomic E-state index is 12.3. The Morgan fingerprint density at radius 1 is 1.10 bits per heavy atom. The van der Waals surface area contributed by atoms with Gasteiger partial charge in [0.15, 0.2) is 0 Å². The first-order valence-corrected chi connectivity index (χ1v) is 14.1. The predicted octanol–water partition coefficient (Wildman–Crippen LogP) is 3.77. The van der Waals surface area contributed by atoms with Gasteiger partial charge in [0, 0.05) is 23.0 Å². The standard InChI is InChI=1S/C27H30IN7O4/c1-2-3-8-24-30-22(13-28)23(14-29-25(36)16-39-17-26(37)38)35(24)15-18-9-11-19(12-10-18)20-6-4-5-7-21(20)27-31-33-34-32-27/h4-7,9-12H,2-3,8,13-17H2,1H3,(H,29,36)(H,37,38)(H,31,32,33,34). The lowest BCUT2D eigenvalue weighted by Crippen LogP contribution is -2.29. The van der Waals surface area contributed by atoms with Crippen LogP contribution in [0.2, 0.25) is 0 Å². The Hall–Kier alpha value is -3.65. The molecule has 204 valence electrons. The van der Waals surface area contributed by atoms with Crippen LogP contribution in [0.15, 0.2) is 48.5 Å². The van der Waals surface area contributed by atoms with Crippen LogP contribution >= 0.6 is 22.6 Å². The van der Waals surface area contributed by atoms with Crippen LogP contribution in [0.25, 0.3) is 22.5 Å². The Morgan fingerprint density at radius 3 is 2.54 bits per heavy atom. The molecule has 0 saturated carbocycles. The molecule has 0 aliphatic carbocycles. The van der Waals surface area contributed by atoms with Gasteiger partial charge in [-0.15, -0.1) is 10.2 Å². The van der Waals surface area contributed by atoms with Crippen LogP contribution in [-0.4, -0.2) is 60.4 Å². The average molecular weight is 643 g/mol. The summed E-state index contributed by atoms with van der Waals surface area (Å²) in [6.45, 7) is 2.21. The first kappa shape index (κ1) is 28.4. The van der Waals surface area contributed by atoms with Crippen LogP contribution in [0.1, 0.15) is 42.5 Å². The molecule has 3 N–H and O–H groups in total. The van der Waals surface area contributed by atoms with Gasteiger partial charge in [0.25, 0.3) is 0 Å². The molecule has 0 bridgehead atoms. The number of nitrogens with one attached hydrogen (secondary N) is 2. The molecule has 0 radical (unpaired) electrons. The zero-order valence-corrected chi connectivity index (χ0v) is 23.7. The van der Waals surface area contributed by atoms with Crippen molar-refractivity contribution in [2.75, 3.05) is 13.2 Å². The number of tetrazole rings is 1. The number of ether oxygens (including phenoxy) is 1. The van der Waals surface area contributed by atoms with E-state index in [0.717, 1.165) is 58.7 Å². The summed E-state index contributed by atoms with van der Waals surface area (Å²) in [6.07, 6.45) is 2.90. The number of amides is 1. The summed E-state index contributed by atoms with van der Waals surface area (Å²) < 4.78 is 7.81. The minimum atomic E-state index is -1.11. The summed E-state index contributed by atoms with van der Waals surface area (Å²) in [7, 11) is 0. The van der Waals surface area contributed by atoms with Gasteiger partial charge in [0.1, 0.15) is 19.0 Å². The maximum absolute atomic E-state index is 12.3. The van der Waals surface area contributed by atoms with E-state index in [1.54, 1.807) is 0 Å². The highest BCUT2D eigenvalue weighted by Crippen LogP contribution is 2.30. The SMILES string of the molecule is CCCCc1nc(CI)c(CNC(=O)COCC(=O)O)n1Cc1ccc(-c2ccccc2-c2nn[nH]n2)cc1. The molecule has 0 fully saturated rings. The number of carboxylic acids is 1. The van der Waals surface area contributed by atoms with Gasteiger partial charge in [-0.3, -0.25) is 4.79 Å². The third-order valence-electron chi connectivity index (χ3n) is 6.15. The summed E-state index contributed by atoms with van der Waals surface area (Å²) in [5, 5.41) is 26.0. The Morgan fingerprint density at radius 2 is 1.87 bits per heavy atom. The van der Waals surface area contributed by atoms with E-state index in [-0.39, 0.29) is 19.1 Å². The van der Waals surface area contributed by atoms with Crippen LogP contribution in [0.5, 0.6) is 0 Å². The van der Waals surface area contributed by atoms with E-state index in [4.69, 9.17) is 14.8 Å². The van der Waals surface area contributed by atoms with Crippen molar-refractivity contribution in [2.45, 2.75) is 43.7 Å². The van der Waals surface area contributed by atoms with Crippen molar-refractivity contribution in [2.24, 2.45) is 0 Å². The number of aryl methyl sites for hydroxylation is 1. The lowest BCUT2D eigenvalue weighted by molar-refractivity contribution is -0.143. The number of hydrogen-bond acceptors (Lipinski definition) is 7. The fraction of sp³-hybridized carbons (Fsp3) is 0.333. The van der Waals surface area contributed by atoms with Gasteiger partial charge < -0.3 is 19.7 Å². The number of carbonyl (C=O) groups excluding carboxylic acids is 1. The number of aromatic amines is 1. The Labute approximate surface area is 239 Å². The number of alkyl halides is 1. The summed E-state index contributed by atoms with van der Waals surface area (Å²) in [4.78, 5) is 27.8. The van der Waals surface area contributed by atoms with E-state index in [9.17, 15) is 9.59 Å². The second-order valence-electron chi connectivity index (χ2n) is 8.89. The number of carbonyl (C=O) groups is 2. The average Bonchev–Trinajstić information content (AvgIpc) is 3.59. The number of benzene rings is 2. The fourth-order valence-electron chi connectivity index (χ4n) is 4.25. The molecule has 4 aromatic rings. The third kappa shape index (κ3) is 7.47. The van der Waals surface area contributed by atoms with E-state index in [0.29, 0.717) is 16.8 Å². The fourth-order valence-corrected chi connectivity index (χ4v) is 4.86. The molecule has 0 aliphatic heterocycles. The number of H-pyrrole nitrogens is 1. The van der Waals surface area contributed by atoms with E-state index in [1.807, 2.05) is 24.3 Å². The quantitative estimate of drug-likeness (QED) is 0.139. The van der Waals surface area contributed by atoms with Crippen molar-refractivity contribution in [1.82, 2.24) is 35.5 Å². The number of aromatic nitrogens is 6. The van der Waals surface area contributed by atoms with Crippen molar-refractivity contribution in [3.05, 3.63) is 71.3 Å². The number of nitrogens with zero attached hydrogens (tertiary/aromatic N) is 5. The van der Waals surface area contributed by atoms with Gasteiger partial charge in [-0.2, -0.15) is 5.21 Å². The molecular formula is C27H30IN7O4. The van der Waals surface area contributed by atoms with Crippen LogP contribution in [0.4, 0.5) is 0 Å². The first-order chi connectivity index (χ1) is 19.0. The smallest absolute Gasteiger partial charge is 0.329 e. The zero-order chi connectivity index (χ0) is 27.6. The Kier molecular flexibility index (Phi) is 10.1. The molecule has 4 rings (SSSR count). The van der Waals surface area contributed by atoms with Gasteiger partial charge in [-0.05, 0) is 28.3 Å². The monoisotopic (exact) mass is 643 g/mol. The molecule has 0 aliphatic rings. The number of carboxylic acid groups (broad SMARTS) is 1. The number of aliphatic carboxylic acids is 1. The Bertz CT molecular complexity index is 1390. The first-order valence-electron chi connectivity index (χ1n) is 12.6. The summed E-state index contributed by atoms with van der Waals surface area (Å²) >= 11 is 2.29. The molecule has 2 aromatic carbocycles. The van der Waals surface area contributed by atoms with Crippen molar-refractivity contribution in [1.29, 1.82) is 0 Å². The van der Waals surface area contributed by atoms with Gasteiger partial charge >= 0.3 is 5.97 Å². The molecule has 39 heavy (non-hydrogen) atoms. The van der Waals surface area contributed by atoms with Gasteiger partial charge in [0.05, 0.1) is 17.9 Å². The topological polar surface area (TPSA) is 148 Å². The second-order valence-corrected chi connectivity index (χ2v) is 9.65. The van der Waals surface area contributed by atoms with Crippen molar-refractivity contribution >= 4 is 34.5 Å². The van der Waals surface area contributed by atoms with Crippen LogP contribution in [0, 0.1) is 0 Å². The summed E-state index contributed by atoms with van der Waals surface area (Å²) in [5.74, 6) is 0.0440. The largest absolute Gasteiger partial charge is 0.480 e. The molecule has 2 heterocycles. The lowest BCUT2D eigenvalue weighted by atomic mass is 9.98. The van der Waals surface area contributed by atoms with Crippen LogP contribution in [0.3, 0.4) is 0 Å². The molecule has 11 nitrogen and oxygen atoms in total. The molecule has 0 atom stereocenters. The van der Waals surface area contributed by atoms with Crippen LogP contribution < -0.4 is 5.32 Å². The molecule has 0 saturated heterocycles. The molecule has 0 spiro atoms. The zero-order valence-electron chi connectivity index (χ0n) is 21.6. The highest BCUT2D eigenvalue weighted by atomic mass is 127.